The lowest BCUT2D eigenvalue weighted by Gasteiger charge is -2.42. The Labute approximate surface area is 217 Å². The molecule has 0 bridgehead atoms. The van der Waals surface area contributed by atoms with E-state index in [4.69, 9.17) is 14.2 Å². The van der Waals surface area contributed by atoms with E-state index in [-0.39, 0.29) is 29.2 Å². The number of nitrogens with one attached hydrogen (secondary N) is 1. The molecule has 2 unspecified atom stereocenters. The Hall–Kier alpha value is -3.15. The summed E-state index contributed by atoms with van der Waals surface area (Å²) in [5.41, 5.74) is 1.79. The summed E-state index contributed by atoms with van der Waals surface area (Å²) >= 11 is 0. The molecule has 2 fully saturated rings. The summed E-state index contributed by atoms with van der Waals surface area (Å²) in [5, 5.41) is 0. The molecular weight excluding hydrogens is 498 g/mol. The third-order valence-electron chi connectivity index (χ3n) is 6.80. The number of ether oxygens (including phenoxy) is 3. The van der Waals surface area contributed by atoms with Crippen LogP contribution in [-0.2, 0) is 24.3 Å². The van der Waals surface area contributed by atoms with Crippen LogP contribution in [0.2, 0.25) is 0 Å². The number of methoxy groups -OCH3 is 2. The van der Waals surface area contributed by atoms with Gasteiger partial charge in [0, 0.05) is 26.1 Å². The van der Waals surface area contributed by atoms with Crippen molar-refractivity contribution in [2.75, 3.05) is 47.1 Å². The molecule has 37 heavy (non-hydrogen) atoms. The lowest BCUT2D eigenvalue weighted by Crippen LogP contribution is -2.59. The molecule has 200 valence electrons. The van der Waals surface area contributed by atoms with Gasteiger partial charge in [0.2, 0.25) is 10.0 Å². The fraction of sp³-hybridized carbons (Fsp3) is 0.462. The number of hydrogen-bond donors (Lipinski definition) is 1. The summed E-state index contributed by atoms with van der Waals surface area (Å²) in [6.45, 7) is 2.13. The van der Waals surface area contributed by atoms with Crippen LogP contribution in [0.1, 0.15) is 19.3 Å². The Kier molecular flexibility index (Phi) is 8.67. The van der Waals surface area contributed by atoms with Crippen molar-refractivity contribution >= 4 is 22.0 Å². The van der Waals surface area contributed by atoms with E-state index in [2.05, 4.69) is 4.72 Å². The van der Waals surface area contributed by atoms with Gasteiger partial charge >= 0.3 is 12.0 Å². The molecule has 2 aromatic rings. The Morgan fingerprint density at radius 1 is 0.973 bits per heavy atom. The summed E-state index contributed by atoms with van der Waals surface area (Å²) < 4.78 is 44.8. The molecule has 0 saturated carbocycles. The number of benzene rings is 2. The van der Waals surface area contributed by atoms with Crippen molar-refractivity contribution in [3.05, 3.63) is 48.5 Å². The Balaban J connectivity index is 1.52. The van der Waals surface area contributed by atoms with E-state index >= 15 is 0 Å². The van der Waals surface area contributed by atoms with Gasteiger partial charge in [-0.3, -0.25) is 4.79 Å². The van der Waals surface area contributed by atoms with Crippen molar-refractivity contribution in [3.8, 4) is 16.9 Å². The second-order valence-corrected chi connectivity index (χ2v) is 10.8. The maximum atomic E-state index is 13.4. The maximum absolute atomic E-state index is 13.4. The predicted octanol–water partition coefficient (Wildman–Crippen LogP) is 2.69. The second-order valence-electron chi connectivity index (χ2n) is 9.14. The van der Waals surface area contributed by atoms with Crippen molar-refractivity contribution < 1.29 is 32.2 Å². The molecule has 11 heteroatoms. The first-order valence-corrected chi connectivity index (χ1v) is 13.8. The number of piperidine rings is 1. The molecule has 0 radical (unpaired) electrons. The van der Waals surface area contributed by atoms with E-state index in [1.807, 2.05) is 24.3 Å². The summed E-state index contributed by atoms with van der Waals surface area (Å²) in [7, 11) is -1.02. The zero-order chi connectivity index (χ0) is 26.4. The molecule has 4 rings (SSSR count). The molecule has 2 heterocycles. The van der Waals surface area contributed by atoms with Gasteiger partial charge in [0.05, 0.1) is 38.5 Å². The highest BCUT2D eigenvalue weighted by Crippen LogP contribution is 2.28. The van der Waals surface area contributed by atoms with E-state index in [1.54, 1.807) is 41.2 Å². The van der Waals surface area contributed by atoms with Crippen LogP contribution < -0.4 is 9.46 Å². The lowest BCUT2D eigenvalue weighted by atomic mass is 9.92. The van der Waals surface area contributed by atoms with Gasteiger partial charge in [-0.25, -0.2) is 13.2 Å². The van der Waals surface area contributed by atoms with Gasteiger partial charge < -0.3 is 24.0 Å². The number of likely N-dealkylation sites (tertiary alicyclic amines) is 1. The number of esters is 1. The second kappa shape index (κ2) is 11.9. The van der Waals surface area contributed by atoms with Crippen LogP contribution in [0.4, 0.5) is 4.79 Å². The van der Waals surface area contributed by atoms with Gasteiger partial charge in [-0.2, -0.15) is 4.72 Å². The Morgan fingerprint density at radius 3 is 2.19 bits per heavy atom. The van der Waals surface area contributed by atoms with Crippen LogP contribution in [0.25, 0.3) is 11.1 Å². The first kappa shape index (κ1) is 26.9. The van der Waals surface area contributed by atoms with Crippen molar-refractivity contribution in [1.29, 1.82) is 0 Å². The molecule has 2 aliphatic rings. The SMILES string of the molecule is COC(=O)CC1CCN(C(=O)N2CCOCC2)C(NS(=O)(=O)c2ccc(-c3ccc(OC)cc3)cc2)C1. The molecule has 2 amide bonds. The Morgan fingerprint density at radius 2 is 1.59 bits per heavy atom. The fourth-order valence-electron chi connectivity index (χ4n) is 4.68. The lowest BCUT2D eigenvalue weighted by molar-refractivity contribution is -0.142. The monoisotopic (exact) mass is 531 g/mol. The summed E-state index contributed by atoms with van der Waals surface area (Å²) in [4.78, 5) is 28.5. The highest BCUT2D eigenvalue weighted by molar-refractivity contribution is 7.89. The van der Waals surface area contributed by atoms with Crippen LogP contribution in [0, 0.1) is 5.92 Å². The molecule has 2 aromatic carbocycles. The molecule has 2 aliphatic heterocycles. The first-order valence-electron chi connectivity index (χ1n) is 12.3. The quantitative estimate of drug-likeness (QED) is 0.547. The molecule has 0 aliphatic carbocycles. The van der Waals surface area contributed by atoms with E-state index in [1.165, 1.54) is 7.11 Å². The first-order chi connectivity index (χ1) is 17.8. The number of hydrogen-bond acceptors (Lipinski definition) is 7. The number of morpholine rings is 1. The number of nitrogens with zero attached hydrogens (tertiary/aromatic N) is 2. The van der Waals surface area contributed by atoms with Crippen LogP contribution in [0.15, 0.2) is 53.4 Å². The number of urea groups is 1. The number of carbonyl (C=O) groups excluding carboxylic acids is 2. The van der Waals surface area contributed by atoms with Gasteiger partial charge in [0.1, 0.15) is 5.75 Å². The third-order valence-corrected chi connectivity index (χ3v) is 8.28. The molecular formula is C26H33N3O7S. The minimum absolute atomic E-state index is 0.0959. The predicted molar refractivity (Wildman–Crippen MR) is 136 cm³/mol. The van der Waals surface area contributed by atoms with Crippen LogP contribution in [-0.4, -0.2) is 83.5 Å². The highest BCUT2D eigenvalue weighted by Gasteiger charge is 2.37. The number of sulfonamides is 1. The van der Waals surface area contributed by atoms with Crippen molar-refractivity contribution in [1.82, 2.24) is 14.5 Å². The zero-order valence-corrected chi connectivity index (χ0v) is 21.9. The van der Waals surface area contributed by atoms with Crippen molar-refractivity contribution in [3.63, 3.8) is 0 Å². The van der Waals surface area contributed by atoms with E-state index in [0.717, 1.165) is 16.9 Å². The third kappa shape index (κ3) is 6.60. The summed E-state index contributed by atoms with van der Waals surface area (Å²) in [5.74, 6) is 0.279. The molecule has 10 nitrogen and oxygen atoms in total. The average molecular weight is 532 g/mol. The smallest absolute Gasteiger partial charge is 0.321 e. The van der Waals surface area contributed by atoms with Crippen molar-refractivity contribution in [2.45, 2.75) is 30.3 Å². The molecule has 0 aromatic heterocycles. The number of carbonyl (C=O) groups is 2. The fourth-order valence-corrected chi connectivity index (χ4v) is 5.89. The van der Waals surface area contributed by atoms with E-state index < -0.39 is 16.2 Å². The van der Waals surface area contributed by atoms with Crippen LogP contribution in [0.5, 0.6) is 5.75 Å². The topological polar surface area (TPSA) is 114 Å². The van der Waals surface area contributed by atoms with E-state index in [0.29, 0.717) is 45.7 Å². The van der Waals surface area contributed by atoms with Gasteiger partial charge in [0.15, 0.2) is 0 Å². The van der Waals surface area contributed by atoms with Gasteiger partial charge in [-0.1, -0.05) is 24.3 Å². The number of rotatable bonds is 7. The summed E-state index contributed by atoms with van der Waals surface area (Å²) in [6.07, 6.45) is 0.282. The summed E-state index contributed by atoms with van der Waals surface area (Å²) in [6, 6.07) is 13.8. The van der Waals surface area contributed by atoms with Crippen molar-refractivity contribution in [2.24, 2.45) is 5.92 Å². The maximum Gasteiger partial charge on any atom is 0.321 e. The molecule has 0 spiro atoms. The standard InChI is InChI=1S/C26H33N3O7S/c1-34-22-7-3-20(4-8-22)21-5-9-23(10-6-21)37(32,33)27-24-17-19(18-25(30)35-2)11-12-29(24)26(31)28-13-15-36-16-14-28/h3-10,19,24,27H,11-18H2,1-2H3. The average Bonchev–Trinajstić information content (AvgIpc) is 2.93. The van der Waals surface area contributed by atoms with Gasteiger partial charge in [-0.05, 0) is 54.2 Å². The van der Waals surface area contributed by atoms with Crippen LogP contribution in [0.3, 0.4) is 0 Å². The van der Waals surface area contributed by atoms with Crippen LogP contribution >= 0.6 is 0 Å². The highest BCUT2D eigenvalue weighted by atomic mass is 32.2. The number of amides is 2. The molecule has 2 atom stereocenters. The zero-order valence-electron chi connectivity index (χ0n) is 21.1. The normalized spacial score (nSPS) is 20.4. The minimum Gasteiger partial charge on any atom is -0.497 e. The van der Waals surface area contributed by atoms with Gasteiger partial charge in [-0.15, -0.1) is 0 Å². The Bertz CT molecular complexity index is 1180. The minimum atomic E-state index is -3.95. The molecule has 1 N–H and O–H groups in total. The molecule has 2 saturated heterocycles. The van der Waals surface area contributed by atoms with Gasteiger partial charge in [0.25, 0.3) is 0 Å². The van der Waals surface area contributed by atoms with E-state index in [9.17, 15) is 18.0 Å². The largest absolute Gasteiger partial charge is 0.497 e.